The van der Waals surface area contributed by atoms with Crippen LogP contribution in [0.25, 0.3) is 0 Å². The summed E-state index contributed by atoms with van der Waals surface area (Å²) in [4.78, 5) is 1.35. The molecule has 3 N–H and O–H groups in total. The molecule has 11 heavy (non-hydrogen) atoms. The number of nitrogens with two attached hydrogens (primary N) is 1. The Kier molecular flexibility index (Phi) is 3.39. The average Bonchev–Trinajstić information content (AvgIpc) is 2.37. The molecule has 62 valence electrons. The van der Waals surface area contributed by atoms with Gasteiger partial charge in [-0.1, -0.05) is 0 Å². The molecule has 2 nitrogen and oxygen atoms in total. The van der Waals surface area contributed by atoms with Crippen molar-refractivity contribution in [3.05, 3.63) is 16.3 Å². The summed E-state index contributed by atoms with van der Waals surface area (Å²) in [5.41, 5.74) is 6.58. The predicted molar refractivity (Wildman–Crippen MR) is 51.2 cm³/mol. The summed E-state index contributed by atoms with van der Waals surface area (Å²) in [6.45, 7) is 3.85. The Balaban J connectivity index is 2.27. The third-order valence-electron chi connectivity index (χ3n) is 1.44. The van der Waals surface area contributed by atoms with Gasteiger partial charge in [-0.05, 0) is 26.0 Å². The first-order valence-electron chi connectivity index (χ1n) is 3.82. The lowest BCUT2D eigenvalue weighted by Gasteiger charge is -2.00. The minimum absolute atomic E-state index is 0.760. The highest BCUT2D eigenvalue weighted by Gasteiger charge is 1.92. The smallest absolute Gasteiger partial charge is 0.0451 e. The Hall–Kier alpha value is -0.540. The van der Waals surface area contributed by atoms with Crippen molar-refractivity contribution in [1.29, 1.82) is 0 Å². The molecule has 1 heterocycles. The van der Waals surface area contributed by atoms with Crippen LogP contribution in [0.5, 0.6) is 0 Å². The lowest BCUT2D eigenvalue weighted by molar-refractivity contribution is 0.875. The highest BCUT2D eigenvalue weighted by atomic mass is 32.1. The maximum Gasteiger partial charge on any atom is 0.0451 e. The average molecular weight is 170 g/mol. The van der Waals surface area contributed by atoms with E-state index < -0.39 is 0 Å². The van der Waals surface area contributed by atoms with Gasteiger partial charge in [0.15, 0.2) is 0 Å². The first-order chi connectivity index (χ1) is 5.33. The fraction of sp³-hybridized carbons (Fsp3) is 0.500. The van der Waals surface area contributed by atoms with Crippen LogP contribution in [0, 0.1) is 6.92 Å². The fourth-order valence-electron chi connectivity index (χ4n) is 0.871. The molecule has 1 aromatic heterocycles. The number of rotatable bonds is 4. The van der Waals surface area contributed by atoms with Gasteiger partial charge in [-0.15, -0.1) is 11.3 Å². The minimum Gasteiger partial charge on any atom is -0.384 e. The summed E-state index contributed by atoms with van der Waals surface area (Å²) in [7, 11) is 0. The molecule has 0 unspecified atom stereocenters. The number of nitrogens with one attached hydrogen (secondary N) is 1. The maximum atomic E-state index is 5.36. The van der Waals surface area contributed by atoms with Crippen molar-refractivity contribution in [2.75, 3.05) is 18.4 Å². The second kappa shape index (κ2) is 4.36. The van der Waals surface area contributed by atoms with Gasteiger partial charge in [-0.25, -0.2) is 0 Å². The summed E-state index contributed by atoms with van der Waals surface area (Å²) in [5, 5.41) is 5.43. The van der Waals surface area contributed by atoms with E-state index in [9.17, 15) is 0 Å². The van der Waals surface area contributed by atoms with Crippen LogP contribution in [0.15, 0.2) is 11.4 Å². The van der Waals surface area contributed by atoms with E-state index >= 15 is 0 Å². The molecule has 3 heteroatoms. The molecule has 0 atom stereocenters. The first kappa shape index (κ1) is 8.56. The van der Waals surface area contributed by atoms with Gasteiger partial charge in [0.2, 0.25) is 0 Å². The maximum absolute atomic E-state index is 5.36. The topological polar surface area (TPSA) is 38.0 Å². The molecule has 1 rings (SSSR count). The van der Waals surface area contributed by atoms with E-state index in [-0.39, 0.29) is 0 Å². The Bertz CT molecular complexity index is 208. The van der Waals surface area contributed by atoms with Crippen LogP contribution in [0.4, 0.5) is 5.69 Å². The van der Waals surface area contributed by atoms with Crippen LogP contribution in [-0.4, -0.2) is 13.1 Å². The fourth-order valence-corrected chi connectivity index (χ4v) is 1.53. The van der Waals surface area contributed by atoms with Crippen molar-refractivity contribution in [2.24, 2.45) is 5.73 Å². The van der Waals surface area contributed by atoms with Gasteiger partial charge in [0, 0.05) is 22.5 Å². The van der Waals surface area contributed by atoms with Crippen LogP contribution in [-0.2, 0) is 0 Å². The molecule has 0 saturated heterocycles. The summed E-state index contributed by atoms with van der Waals surface area (Å²) in [5.74, 6) is 0. The third-order valence-corrected chi connectivity index (χ3v) is 2.30. The molecule has 0 aliphatic rings. The Morgan fingerprint density at radius 2 is 2.45 bits per heavy atom. The third kappa shape index (κ3) is 2.91. The van der Waals surface area contributed by atoms with Crippen molar-refractivity contribution in [2.45, 2.75) is 13.3 Å². The van der Waals surface area contributed by atoms with Crippen LogP contribution in [0.1, 0.15) is 11.3 Å². The molecule has 0 radical (unpaired) electrons. The SMILES string of the molecule is Cc1cc(NCCCN)cs1. The summed E-state index contributed by atoms with van der Waals surface area (Å²) < 4.78 is 0. The molecule has 0 spiro atoms. The van der Waals surface area contributed by atoms with Crippen molar-refractivity contribution >= 4 is 17.0 Å². The van der Waals surface area contributed by atoms with Crippen molar-refractivity contribution < 1.29 is 0 Å². The first-order valence-corrected chi connectivity index (χ1v) is 4.70. The lowest BCUT2D eigenvalue weighted by atomic mass is 10.4. The van der Waals surface area contributed by atoms with E-state index in [2.05, 4.69) is 23.7 Å². The highest BCUT2D eigenvalue weighted by Crippen LogP contribution is 2.17. The molecule has 0 fully saturated rings. The largest absolute Gasteiger partial charge is 0.384 e. The number of aryl methyl sites for hydroxylation is 1. The Labute approximate surface area is 71.4 Å². The Morgan fingerprint density at radius 1 is 1.64 bits per heavy atom. The predicted octanol–water partition coefficient (Wildman–Crippen LogP) is 1.82. The molecule has 0 aromatic carbocycles. The minimum atomic E-state index is 0.760. The van der Waals surface area contributed by atoms with Gasteiger partial charge in [0.25, 0.3) is 0 Å². The van der Waals surface area contributed by atoms with E-state index in [0.717, 1.165) is 19.5 Å². The number of hydrogen-bond donors (Lipinski definition) is 2. The van der Waals surface area contributed by atoms with E-state index in [1.165, 1.54) is 10.6 Å². The highest BCUT2D eigenvalue weighted by molar-refractivity contribution is 7.10. The van der Waals surface area contributed by atoms with Crippen LogP contribution in [0.3, 0.4) is 0 Å². The zero-order valence-electron chi connectivity index (χ0n) is 6.76. The summed E-state index contributed by atoms with van der Waals surface area (Å²) in [6.07, 6.45) is 1.04. The monoisotopic (exact) mass is 170 g/mol. The number of hydrogen-bond acceptors (Lipinski definition) is 3. The van der Waals surface area contributed by atoms with Gasteiger partial charge in [-0.2, -0.15) is 0 Å². The standard InChI is InChI=1S/C8H14N2S/c1-7-5-8(6-11-7)10-4-2-3-9/h5-6,10H,2-4,9H2,1H3. The molecule has 0 aliphatic carbocycles. The van der Waals surface area contributed by atoms with E-state index in [0.29, 0.717) is 0 Å². The number of anilines is 1. The second-order valence-electron chi connectivity index (χ2n) is 2.52. The lowest BCUT2D eigenvalue weighted by Crippen LogP contribution is -2.07. The molecule has 0 amide bonds. The summed E-state index contributed by atoms with van der Waals surface area (Å²) >= 11 is 1.77. The molecule has 0 saturated carbocycles. The van der Waals surface area contributed by atoms with Crippen LogP contribution < -0.4 is 11.1 Å². The Morgan fingerprint density at radius 3 is 3.00 bits per heavy atom. The molecule has 0 bridgehead atoms. The zero-order valence-corrected chi connectivity index (χ0v) is 7.58. The van der Waals surface area contributed by atoms with E-state index in [1.807, 2.05) is 0 Å². The van der Waals surface area contributed by atoms with Gasteiger partial charge >= 0.3 is 0 Å². The van der Waals surface area contributed by atoms with Crippen LogP contribution in [0.2, 0.25) is 0 Å². The van der Waals surface area contributed by atoms with E-state index in [4.69, 9.17) is 5.73 Å². The summed E-state index contributed by atoms with van der Waals surface area (Å²) in [6, 6.07) is 2.15. The number of thiophene rings is 1. The second-order valence-corrected chi connectivity index (χ2v) is 3.63. The van der Waals surface area contributed by atoms with Crippen LogP contribution >= 0.6 is 11.3 Å². The van der Waals surface area contributed by atoms with Gasteiger partial charge in [0.05, 0.1) is 0 Å². The van der Waals surface area contributed by atoms with E-state index in [1.54, 1.807) is 11.3 Å². The normalized spacial score (nSPS) is 10.0. The van der Waals surface area contributed by atoms with Crippen molar-refractivity contribution in [3.8, 4) is 0 Å². The molecule has 0 aliphatic heterocycles. The quantitative estimate of drug-likeness (QED) is 0.676. The molecular formula is C8H14N2S. The van der Waals surface area contributed by atoms with Gasteiger partial charge < -0.3 is 11.1 Å². The molecule has 1 aromatic rings. The van der Waals surface area contributed by atoms with Gasteiger partial charge in [0.1, 0.15) is 0 Å². The zero-order chi connectivity index (χ0) is 8.10. The van der Waals surface area contributed by atoms with Crippen molar-refractivity contribution in [3.63, 3.8) is 0 Å². The van der Waals surface area contributed by atoms with Gasteiger partial charge in [-0.3, -0.25) is 0 Å². The van der Waals surface area contributed by atoms with Crippen molar-refractivity contribution in [1.82, 2.24) is 0 Å². The molecular weight excluding hydrogens is 156 g/mol.